The second-order valence-corrected chi connectivity index (χ2v) is 28.2. The summed E-state index contributed by atoms with van der Waals surface area (Å²) in [6.45, 7) is 4.89. The molecule has 0 aromatic rings. The van der Waals surface area contributed by atoms with E-state index < -0.39 is 97.5 Å². The van der Waals surface area contributed by atoms with Crippen LogP contribution >= 0.6 is 15.6 Å². The molecule has 0 aromatic heterocycles. The number of esters is 4. The van der Waals surface area contributed by atoms with Crippen LogP contribution in [0.3, 0.4) is 0 Å². The van der Waals surface area contributed by atoms with Gasteiger partial charge in [-0.05, 0) is 51.4 Å². The molecule has 0 aromatic carbocycles. The maximum atomic E-state index is 13.0. The molecule has 0 bridgehead atoms. The molecule has 0 aliphatic rings. The van der Waals surface area contributed by atoms with Crippen LogP contribution < -0.4 is 0 Å². The molecule has 0 aliphatic heterocycles. The van der Waals surface area contributed by atoms with Crippen molar-refractivity contribution in [3.63, 3.8) is 0 Å². The molecular weight excluding hydrogens is 1200 g/mol. The lowest BCUT2D eigenvalue weighted by Crippen LogP contribution is -2.30. The molecule has 0 saturated heterocycles. The maximum absolute atomic E-state index is 13.0. The number of unbranched alkanes of at least 4 members (excludes halogenated alkanes) is 42. The first-order valence-electron chi connectivity index (χ1n) is 37.1. The highest BCUT2D eigenvalue weighted by atomic mass is 31.2. The van der Waals surface area contributed by atoms with Gasteiger partial charge in [-0.1, -0.05) is 302 Å². The summed E-state index contributed by atoms with van der Waals surface area (Å²) in [5.41, 5.74) is 0. The van der Waals surface area contributed by atoms with Crippen molar-refractivity contribution in [3.05, 3.63) is 24.3 Å². The van der Waals surface area contributed by atoms with E-state index in [4.69, 9.17) is 37.0 Å². The molecule has 19 heteroatoms. The molecule has 0 spiro atoms. The fourth-order valence-corrected chi connectivity index (χ4v) is 12.1. The van der Waals surface area contributed by atoms with Crippen molar-refractivity contribution in [1.29, 1.82) is 0 Å². The molecule has 0 saturated carbocycles. The zero-order valence-electron chi connectivity index (χ0n) is 58.3. The average molecular weight is 1340 g/mol. The van der Waals surface area contributed by atoms with Gasteiger partial charge in [0, 0.05) is 25.7 Å². The average Bonchev–Trinajstić information content (AvgIpc) is 3.71. The summed E-state index contributed by atoms with van der Waals surface area (Å²) in [6, 6.07) is 0. The second-order valence-electron chi connectivity index (χ2n) is 25.3. The minimum Gasteiger partial charge on any atom is -0.462 e. The van der Waals surface area contributed by atoms with Crippen LogP contribution in [0.2, 0.25) is 0 Å². The van der Waals surface area contributed by atoms with Crippen molar-refractivity contribution in [3.8, 4) is 0 Å². The monoisotopic (exact) mass is 1330 g/mol. The van der Waals surface area contributed by atoms with Crippen molar-refractivity contribution < 1.29 is 80.2 Å². The summed E-state index contributed by atoms with van der Waals surface area (Å²) < 4.78 is 68.3. The number of carbonyl (C=O) groups excluding carboxylic acids is 4. The summed E-state index contributed by atoms with van der Waals surface area (Å²) in [6.07, 6.45) is 57.5. The van der Waals surface area contributed by atoms with Crippen molar-refractivity contribution in [2.45, 2.75) is 373 Å². The predicted octanol–water partition coefficient (Wildman–Crippen LogP) is 20.6. The zero-order valence-corrected chi connectivity index (χ0v) is 60.1. The van der Waals surface area contributed by atoms with Crippen molar-refractivity contribution in [2.75, 3.05) is 39.6 Å². The van der Waals surface area contributed by atoms with Gasteiger partial charge < -0.3 is 33.8 Å². The minimum atomic E-state index is -4.96. The molecule has 0 rings (SSSR count). The molecule has 536 valence electrons. The Balaban J connectivity index is 5.28. The van der Waals surface area contributed by atoms with Crippen LogP contribution in [0.25, 0.3) is 0 Å². The maximum Gasteiger partial charge on any atom is 0.472 e. The van der Waals surface area contributed by atoms with Gasteiger partial charge in [-0.25, -0.2) is 9.13 Å². The summed E-state index contributed by atoms with van der Waals surface area (Å²) in [5, 5.41) is 10.6. The highest BCUT2D eigenvalue weighted by molar-refractivity contribution is 7.47. The fourth-order valence-electron chi connectivity index (χ4n) is 10.5. The van der Waals surface area contributed by atoms with E-state index in [9.17, 15) is 43.2 Å². The number of allylic oxidation sites excluding steroid dienone is 4. The third kappa shape index (κ3) is 66.0. The number of rotatable bonds is 71. The quantitative estimate of drug-likeness (QED) is 0.0169. The first kappa shape index (κ1) is 88.5. The molecule has 0 fully saturated rings. The summed E-state index contributed by atoms with van der Waals surface area (Å²) in [7, 11) is -9.91. The first-order valence-corrected chi connectivity index (χ1v) is 40.1. The fraction of sp³-hybridized carbons (Fsp3) is 0.889. The molecule has 17 nitrogen and oxygen atoms in total. The van der Waals surface area contributed by atoms with Crippen LogP contribution in [-0.2, 0) is 65.4 Å². The van der Waals surface area contributed by atoms with E-state index in [1.165, 1.54) is 173 Å². The Morgan fingerprint density at radius 1 is 0.308 bits per heavy atom. The van der Waals surface area contributed by atoms with Crippen LogP contribution in [0.5, 0.6) is 0 Å². The number of hydrogen-bond acceptors (Lipinski definition) is 15. The summed E-state index contributed by atoms with van der Waals surface area (Å²) >= 11 is 0. The lowest BCUT2D eigenvalue weighted by Gasteiger charge is -2.21. The Bertz CT molecular complexity index is 1830. The smallest absolute Gasteiger partial charge is 0.462 e. The standard InChI is InChI=1S/C72H136O17P2/c1-5-9-13-17-21-25-29-32-33-36-39-43-47-51-55-59-72(77)89-68(63-83-70(75)57-53-49-45-41-37-34-30-26-22-18-14-10-6-2)65-87-91(80,81)85-61-66(73)60-84-90(78,79)86-64-67(62-82-69(74)56-52-48-44-40-28-24-20-16-12-8-4)88-71(76)58-54-50-46-42-38-35-31-27-23-19-15-11-7-3/h25,29,32-33,66-68,73H,5-24,26-28,30-31,34-65H2,1-4H3,(H,78,79)(H,80,81)/b29-25-,33-32-/t66-,67+,68+/m0/s1. The van der Waals surface area contributed by atoms with Crippen molar-refractivity contribution in [1.82, 2.24) is 0 Å². The lowest BCUT2D eigenvalue weighted by atomic mass is 10.0. The number of phosphoric acid groups is 2. The Kier molecular flexibility index (Phi) is 64.4. The topological polar surface area (TPSA) is 237 Å². The largest absolute Gasteiger partial charge is 0.472 e. The van der Waals surface area contributed by atoms with Gasteiger partial charge in [0.05, 0.1) is 26.4 Å². The molecule has 3 N–H and O–H groups in total. The number of aliphatic hydroxyl groups excluding tert-OH is 1. The van der Waals surface area contributed by atoms with E-state index in [1.807, 2.05) is 0 Å². The third-order valence-electron chi connectivity index (χ3n) is 16.2. The van der Waals surface area contributed by atoms with E-state index in [2.05, 4.69) is 52.0 Å². The second kappa shape index (κ2) is 66.2. The normalized spacial score (nSPS) is 14.1. The van der Waals surface area contributed by atoms with E-state index in [-0.39, 0.29) is 25.7 Å². The lowest BCUT2D eigenvalue weighted by molar-refractivity contribution is -0.161. The Hall–Kier alpha value is -2.46. The SMILES string of the molecule is CCCCCC/C=C\C=C/CCCCCCCC(=O)O[C@H](COC(=O)CCCCCCCCCCCCCCC)COP(=O)(O)OC[C@@H](O)COP(=O)(O)OC[C@@H](COC(=O)CCCCCCCCCCCC)OC(=O)CCCCCCCCCCCCCCC. The summed E-state index contributed by atoms with van der Waals surface area (Å²) in [4.78, 5) is 72.6. The molecule has 0 radical (unpaired) electrons. The Morgan fingerprint density at radius 2 is 0.527 bits per heavy atom. The van der Waals surface area contributed by atoms with Gasteiger partial charge in [0.1, 0.15) is 19.3 Å². The van der Waals surface area contributed by atoms with Gasteiger partial charge >= 0.3 is 39.5 Å². The van der Waals surface area contributed by atoms with E-state index in [1.54, 1.807) is 0 Å². The number of phosphoric ester groups is 2. The van der Waals surface area contributed by atoms with Crippen LogP contribution in [0.1, 0.15) is 355 Å². The Labute approximate surface area is 554 Å². The van der Waals surface area contributed by atoms with Crippen molar-refractivity contribution in [2.24, 2.45) is 0 Å². The van der Waals surface area contributed by atoms with Crippen LogP contribution in [0.15, 0.2) is 24.3 Å². The van der Waals surface area contributed by atoms with Gasteiger partial charge in [0.15, 0.2) is 12.2 Å². The van der Waals surface area contributed by atoms with Gasteiger partial charge in [0.25, 0.3) is 0 Å². The molecule has 0 amide bonds. The molecular formula is C72H136O17P2. The van der Waals surface area contributed by atoms with Crippen LogP contribution in [0, 0.1) is 0 Å². The van der Waals surface area contributed by atoms with E-state index in [0.29, 0.717) is 25.7 Å². The molecule has 5 atom stereocenters. The third-order valence-corrected chi connectivity index (χ3v) is 18.1. The molecule has 2 unspecified atom stereocenters. The number of hydrogen-bond donors (Lipinski definition) is 3. The number of carbonyl (C=O) groups is 4. The summed E-state index contributed by atoms with van der Waals surface area (Å²) in [5.74, 6) is -2.15. The van der Waals surface area contributed by atoms with Gasteiger partial charge in [0.2, 0.25) is 0 Å². The first-order chi connectivity index (χ1) is 44.2. The molecule has 0 heterocycles. The highest BCUT2D eigenvalue weighted by Crippen LogP contribution is 2.45. The van der Waals surface area contributed by atoms with Crippen LogP contribution in [0.4, 0.5) is 0 Å². The van der Waals surface area contributed by atoms with E-state index >= 15 is 0 Å². The molecule has 0 aliphatic carbocycles. The Morgan fingerprint density at radius 3 is 0.802 bits per heavy atom. The van der Waals surface area contributed by atoms with Crippen LogP contribution in [-0.4, -0.2) is 96.7 Å². The van der Waals surface area contributed by atoms with E-state index in [0.717, 1.165) is 103 Å². The predicted molar refractivity (Wildman–Crippen MR) is 368 cm³/mol. The number of aliphatic hydroxyl groups is 1. The zero-order chi connectivity index (χ0) is 66.8. The van der Waals surface area contributed by atoms with Gasteiger partial charge in [-0.3, -0.25) is 37.3 Å². The number of ether oxygens (including phenoxy) is 4. The highest BCUT2D eigenvalue weighted by Gasteiger charge is 2.30. The van der Waals surface area contributed by atoms with Gasteiger partial charge in [-0.15, -0.1) is 0 Å². The minimum absolute atomic E-state index is 0.0858. The van der Waals surface area contributed by atoms with Gasteiger partial charge in [-0.2, -0.15) is 0 Å². The van der Waals surface area contributed by atoms with Crippen molar-refractivity contribution >= 4 is 39.5 Å². The molecule has 91 heavy (non-hydrogen) atoms.